The van der Waals surface area contributed by atoms with Crippen molar-refractivity contribution >= 4 is 5.97 Å². The normalized spacial score (nSPS) is 10.3. The SMILES string of the molecule is O=C(Oc1ccccc1-c1ccccc1)c1cc(O)c(O)c(O)c1. The average molecular weight is 322 g/mol. The lowest BCUT2D eigenvalue weighted by Gasteiger charge is -2.11. The van der Waals surface area contributed by atoms with Crippen LogP contribution in [0.1, 0.15) is 10.4 Å². The first kappa shape index (κ1) is 15.4. The Kier molecular flexibility index (Phi) is 4.07. The summed E-state index contributed by atoms with van der Waals surface area (Å²) in [7, 11) is 0. The number of phenolic OH excluding ortho intramolecular Hbond substituents is 3. The number of benzene rings is 3. The highest BCUT2D eigenvalue weighted by molar-refractivity contribution is 5.93. The number of hydrogen-bond donors (Lipinski definition) is 3. The summed E-state index contributed by atoms with van der Waals surface area (Å²) < 4.78 is 5.39. The van der Waals surface area contributed by atoms with E-state index in [4.69, 9.17) is 4.74 Å². The first-order valence-electron chi connectivity index (χ1n) is 7.18. The van der Waals surface area contributed by atoms with Gasteiger partial charge in [-0.2, -0.15) is 0 Å². The Bertz CT molecular complexity index is 864. The Hall–Kier alpha value is -3.47. The van der Waals surface area contributed by atoms with Gasteiger partial charge in [-0.15, -0.1) is 0 Å². The van der Waals surface area contributed by atoms with Gasteiger partial charge >= 0.3 is 5.97 Å². The molecule has 0 radical (unpaired) electrons. The van der Waals surface area contributed by atoms with E-state index in [1.54, 1.807) is 12.1 Å². The molecule has 3 aromatic carbocycles. The van der Waals surface area contributed by atoms with Crippen molar-refractivity contribution in [2.75, 3.05) is 0 Å². The van der Waals surface area contributed by atoms with E-state index in [-0.39, 0.29) is 5.56 Å². The molecule has 0 aliphatic heterocycles. The number of carbonyl (C=O) groups is 1. The fourth-order valence-electron chi connectivity index (χ4n) is 2.29. The van der Waals surface area contributed by atoms with Crippen LogP contribution < -0.4 is 4.74 Å². The van der Waals surface area contributed by atoms with Crippen LogP contribution in [0.2, 0.25) is 0 Å². The van der Waals surface area contributed by atoms with Crippen LogP contribution >= 0.6 is 0 Å². The van der Waals surface area contributed by atoms with Crippen molar-refractivity contribution in [1.29, 1.82) is 0 Å². The smallest absolute Gasteiger partial charge is 0.343 e. The third kappa shape index (κ3) is 3.01. The Labute approximate surface area is 138 Å². The highest BCUT2D eigenvalue weighted by atomic mass is 16.5. The number of rotatable bonds is 3. The second kappa shape index (κ2) is 6.34. The molecule has 0 unspecified atom stereocenters. The van der Waals surface area contributed by atoms with Crippen molar-refractivity contribution in [3.63, 3.8) is 0 Å². The van der Waals surface area contributed by atoms with Crippen molar-refractivity contribution < 1.29 is 24.9 Å². The molecule has 5 heteroatoms. The lowest BCUT2D eigenvalue weighted by molar-refractivity contribution is 0.0734. The minimum atomic E-state index is -0.760. The zero-order valence-electron chi connectivity index (χ0n) is 12.5. The van der Waals surface area contributed by atoms with E-state index in [2.05, 4.69) is 0 Å². The number of phenols is 3. The lowest BCUT2D eigenvalue weighted by atomic mass is 10.0. The predicted molar refractivity (Wildman–Crippen MR) is 88.3 cm³/mol. The van der Waals surface area contributed by atoms with Gasteiger partial charge in [0, 0.05) is 5.56 Å². The Balaban J connectivity index is 1.94. The topological polar surface area (TPSA) is 87.0 Å². The van der Waals surface area contributed by atoms with Crippen LogP contribution in [0.4, 0.5) is 0 Å². The molecule has 0 fully saturated rings. The van der Waals surface area contributed by atoms with E-state index in [1.807, 2.05) is 42.5 Å². The molecule has 24 heavy (non-hydrogen) atoms. The summed E-state index contributed by atoms with van der Waals surface area (Å²) in [5.41, 5.74) is 1.54. The van der Waals surface area contributed by atoms with Gasteiger partial charge in [0.2, 0.25) is 0 Å². The molecule has 5 nitrogen and oxygen atoms in total. The Morgan fingerprint density at radius 1 is 0.792 bits per heavy atom. The number of para-hydroxylation sites is 1. The van der Waals surface area contributed by atoms with Gasteiger partial charge in [0.25, 0.3) is 0 Å². The fourth-order valence-corrected chi connectivity index (χ4v) is 2.29. The van der Waals surface area contributed by atoms with Gasteiger partial charge in [0.1, 0.15) is 5.75 Å². The average Bonchev–Trinajstić information content (AvgIpc) is 2.60. The third-order valence-corrected chi connectivity index (χ3v) is 3.48. The minimum absolute atomic E-state index is 0.0781. The summed E-state index contributed by atoms with van der Waals surface area (Å²) in [6.45, 7) is 0. The molecular weight excluding hydrogens is 308 g/mol. The van der Waals surface area contributed by atoms with Crippen molar-refractivity contribution in [3.05, 3.63) is 72.3 Å². The molecule has 3 N–H and O–H groups in total. The maximum atomic E-state index is 12.3. The highest BCUT2D eigenvalue weighted by Gasteiger charge is 2.17. The molecule has 0 atom stereocenters. The molecule has 0 bridgehead atoms. The van der Waals surface area contributed by atoms with Gasteiger partial charge in [0.05, 0.1) is 5.56 Å². The minimum Gasteiger partial charge on any atom is -0.504 e. The first-order chi connectivity index (χ1) is 11.6. The summed E-state index contributed by atoms with van der Waals surface area (Å²) in [5, 5.41) is 28.4. The second-order valence-electron chi connectivity index (χ2n) is 5.11. The quantitative estimate of drug-likeness (QED) is 0.389. The molecule has 0 heterocycles. The van der Waals surface area contributed by atoms with Crippen LogP contribution in [0.5, 0.6) is 23.0 Å². The molecule has 0 aliphatic rings. The Morgan fingerprint density at radius 2 is 1.38 bits per heavy atom. The molecule has 0 aliphatic carbocycles. The van der Waals surface area contributed by atoms with E-state index in [1.165, 1.54) is 0 Å². The summed E-state index contributed by atoms with van der Waals surface area (Å²) >= 11 is 0. The molecule has 0 amide bonds. The number of hydrogen-bond acceptors (Lipinski definition) is 5. The van der Waals surface area contributed by atoms with Gasteiger partial charge in [-0.1, -0.05) is 48.5 Å². The number of esters is 1. The molecule has 0 saturated heterocycles. The van der Waals surface area contributed by atoms with Crippen LogP contribution in [0.25, 0.3) is 11.1 Å². The van der Waals surface area contributed by atoms with Gasteiger partial charge in [-0.05, 0) is 23.8 Å². The molecule has 0 spiro atoms. The van der Waals surface area contributed by atoms with Gasteiger partial charge < -0.3 is 20.1 Å². The van der Waals surface area contributed by atoms with Crippen LogP contribution in [0.15, 0.2) is 66.7 Å². The standard InChI is InChI=1S/C19H14O5/c20-15-10-13(11-16(21)18(15)22)19(23)24-17-9-5-4-8-14(17)12-6-2-1-3-7-12/h1-11,20-22H. The third-order valence-electron chi connectivity index (χ3n) is 3.48. The van der Waals surface area contributed by atoms with Crippen molar-refractivity contribution in [1.82, 2.24) is 0 Å². The van der Waals surface area contributed by atoms with Crippen LogP contribution in [-0.4, -0.2) is 21.3 Å². The summed E-state index contributed by atoms with van der Waals surface area (Å²) in [6.07, 6.45) is 0. The summed E-state index contributed by atoms with van der Waals surface area (Å²) in [5.74, 6) is -2.29. The molecular formula is C19H14O5. The molecule has 3 rings (SSSR count). The van der Waals surface area contributed by atoms with Gasteiger partial charge in [0.15, 0.2) is 17.2 Å². The highest BCUT2D eigenvalue weighted by Crippen LogP contribution is 2.36. The van der Waals surface area contributed by atoms with Gasteiger partial charge in [-0.25, -0.2) is 4.79 Å². The van der Waals surface area contributed by atoms with E-state index in [0.717, 1.165) is 23.3 Å². The van der Waals surface area contributed by atoms with Crippen molar-refractivity contribution in [3.8, 4) is 34.1 Å². The first-order valence-corrected chi connectivity index (χ1v) is 7.18. The van der Waals surface area contributed by atoms with Crippen molar-refractivity contribution in [2.45, 2.75) is 0 Å². The van der Waals surface area contributed by atoms with E-state index in [9.17, 15) is 20.1 Å². The van der Waals surface area contributed by atoms with E-state index < -0.39 is 23.2 Å². The zero-order chi connectivity index (χ0) is 17.1. The lowest BCUT2D eigenvalue weighted by Crippen LogP contribution is -2.09. The monoisotopic (exact) mass is 322 g/mol. The van der Waals surface area contributed by atoms with Crippen LogP contribution in [-0.2, 0) is 0 Å². The molecule has 3 aromatic rings. The van der Waals surface area contributed by atoms with Crippen molar-refractivity contribution in [2.24, 2.45) is 0 Å². The Morgan fingerprint density at radius 3 is 2.04 bits per heavy atom. The van der Waals surface area contributed by atoms with Gasteiger partial charge in [-0.3, -0.25) is 0 Å². The largest absolute Gasteiger partial charge is 0.504 e. The predicted octanol–water partition coefficient (Wildman–Crippen LogP) is 3.69. The van der Waals surface area contributed by atoms with E-state index in [0.29, 0.717) is 5.75 Å². The summed E-state index contributed by atoms with van der Waals surface area (Å²) in [6, 6.07) is 18.5. The molecule has 120 valence electrons. The fraction of sp³-hybridized carbons (Fsp3) is 0. The molecule has 0 aromatic heterocycles. The maximum Gasteiger partial charge on any atom is 0.343 e. The van der Waals surface area contributed by atoms with E-state index >= 15 is 0 Å². The van der Waals surface area contributed by atoms with Crippen LogP contribution in [0, 0.1) is 0 Å². The second-order valence-corrected chi connectivity index (χ2v) is 5.11. The number of carbonyl (C=O) groups excluding carboxylic acids is 1. The van der Waals surface area contributed by atoms with Crippen LogP contribution in [0.3, 0.4) is 0 Å². The number of ether oxygens (including phenoxy) is 1. The summed E-state index contributed by atoms with van der Waals surface area (Å²) in [4.78, 5) is 12.3. The maximum absolute atomic E-state index is 12.3. The zero-order valence-corrected chi connectivity index (χ0v) is 12.5. The molecule has 0 saturated carbocycles. The number of aromatic hydroxyl groups is 3.